The minimum absolute atomic E-state index is 0.370. The standard InChI is InChI=1S/C15H22N2O2/c1-3-7-15-16-13-8-5-6-9-14(13)17(15)10-12(18)11-19-4-2/h5-6,8-9,12,18H,3-4,7,10-11H2,1-2H3. The molecular weight excluding hydrogens is 240 g/mol. The number of aliphatic hydroxyl groups excluding tert-OH is 1. The number of nitrogens with zero attached hydrogens (tertiary/aromatic N) is 2. The maximum atomic E-state index is 10.0. The summed E-state index contributed by atoms with van der Waals surface area (Å²) in [7, 11) is 0. The molecule has 4 nitrogen and oxygen atoms in total. The maximum Gasteiger partial charge on any atom is 0.109 e. The lowest BCUT2D eigenvalue weighted by atomic mass is 10.3. The van der Waals surface area contributed by atoms with E-state index in [1.54, 1.807) is 0 Å². The van der Waals surface area contributed by atoms with Crippen LogP contribution >= 0.6 is 0 Å². The zero-order valence-electron chi connectivity index (χ0n) is 11.7. The molecule has 0 bridgehead atoms. The molecule has 1 aromatic carbocycles. The van der Waals surface area contributed by atoms with Crippen LogP contribution in [0.2, 0.25) is 0 Å². The van der Waals surface area contributed by atoms with Gasteiger partial charge in [-0.2, -0.15) is 0 Å². The SMILES string of the molecule is CCCc1nc2ccccc2n1CC(O)COCC. The van der Waals surface area contributed by atoms with Gasteiger partial charge >= 0.3 is 0 Å². The summed E-state index contributed by atoms with van der Waals surface area (Å²) in [6.07, 6.45) is 1.48. The number of para-hydroxylation sites is 2. The summed E-state index contributed by atoms with van der Waals surface area (Å²) in [6, 6.07) is 8.06. The maximum absolute atomic E-state index is 10.0. The fraction of sp³-hybridized carbons (Fsp3) is 0.533. The molecule has 104 valence electrons. The van der Waals surface area contributed by atoms with Crippen LogP contribution in [0.25, 0.3) is 11.0 Å². The van der Waals surface area contributed by atoms with E-state index < -0.39 is 6.10 Å². The molecule has 1 atom stereocenters. The lowest BCUT2D eigenvalue weighted by Gasteiger charge is -2.14. The van der Waals surface area contributed by atoms with Gasteiger partial charge in [-0.1, -0.05) is 19.1 Å². The van der Waals surface area contributed by atoms with Crippen molar-refractivity contribution in [2.24, 2.45) is 0 Å². The van der Waals surface area contributed by atoms with Crippen LogP contribution in [-0.2, 0) is 17.7 Å². The van der Waals surface area contributed by atoms with Crippen molar-refractivity contribution in [2.75, 3.05) is 13.2 Å². The van der Waals surface area contributed by atoms with Gasteiger partial charge in [-0.3, -0.25) is 0 Å². The van der Waals surface area contributed by atoms with E-state index in [1.807, 2.05) is 25.1 Å². The average Bonchev–Trinajstić information content (AvgIpc) is 2.75. The third-order valence-corrected chi connectivity index (χ3v) is 3.11. The lowest BCUT2D eigenvalue weighted by Crippen LogP contribution is -2.23. The Bertz CT molecular complexity index is 522. The normalized spacial score (nSPS) is 13.0. The molecule has 0 radical (unpaired) electrons. The van der Waals surface area contributed by atoms with Crippen LogP contribution in [-0.4, -0.2) is 34.0 Å². The molecule has 1 unspecified atom stereocenters. The van der Waals surface area contributed by atoms with Gasteiger partial charge in [0.05, 0.1) is 30.3 Å². The summed E-state index contributed by atoms with van der Waals surface area (Å²) in [5.74, 6) is 1.04. The first kappa shape index (κ1) is 14.0. The van der Waals surface area contributed by atoms with Gasteiger partial charge in [0, 0.05) is 13.0 Å². The second-order valence-electron chi connectivity index (χ2n) is 4.69. The predicted molar refractivity (Wildman–Crippen MR) is 76.2 cm³/mol. The van der Waals surface area contributed by atoms with E-state index in [2.05, 4.69) is 22.5 Å². The Morgan fingerprint density at radius 3 is 2.84 bits per heavy atom. The third kappa shape index (κ3) is 3.33. The van der Waals surface area contributed by atoms with E-state index in [-0.39, 0.29) is 0 Å². The minimum Gasteiger partial charge on any atom is -0.389 e. The number of fused-ring (bicyclic) bond motifs is 1. The summed E-state index contributed by atoms with van der Waals surface area (Å²) in [5.41, 5.74) is 2.08. The summed E-state index contributed by atoms with van der Waals surface area (Å²) < 4.78 is 7.39. The van der Waals surface area contributed by atoms with Crippen molar-refractivity contribution in [1.82, 2.24) is 9.55 Å². The molecule has 1 N–H and O–H groups in total. The highest BCUT2D eigenvalue weighted by molar-refractivity contribution is 5.75. The Hall–Kier alpha value is -1.39. The summed E-state index contributed by atoms with van der Waals surface area (Å²) in [6.45, 7) is 5.61. The van der Waals surface area contributed by atoms with Crippen molar-refractivity contribution in [3.05, 3.63) is 30.1 Å². The number of benzene rings is 1. The van der Waals surface area contributed by atoms with Gasteiger partial charge in [0.2, 0.25) is 0 Å². The van der Waals surface area contributed by atoms with Gasteiger partial charge in [0.25, 0.3) is 0 Å². The second kappa shape index (κ2) is 6.68. The molecule has 0 saturated heterocycles. The molecule has 0 aliphatic carbocycles. The largest absolute Gasteiger partial charge is 0.389 e. The zero-order valence-corrected chi connectivity index (χ0v) is 11.7. The fourth-order valence-corrected chi connectivity index (χ4v) is 2.26. The monoisotopic (exact) mass is 262 g/mol. The third-order valence-electron chi connectivity index (χ3n) is 3.11. The Labute approximate surface area is 114 Å². The molecule has 0 aliphatic heterocycles. The van der Waals surface area contributed by atoms with Crippen molar-refractivity contribution in [2.45, 2.75) is 39.3 Å². The summed E-state index contributed by atoms with van der Waals surface area (Å²) >= 11 is 0. The van der Waals surface area contributed by atoms with Crippen LogP contribution in [0, 0.1) is 0 Å². The van der Waals surface area contributed by atoms with E-state index in [4.69, 9.17) is 4.74 Å². The average molecular weight is 262 g/mol. The molecule has 0 aliphatic rings. The molecule has 1 heterocycles. The molecule has 2 aromatic rings. The minimum atomic E-state index is -0.492. The van der Waals surface area contributed by atoms with Gasteiger partial charge < -0.3 is 14.4 Å². The predicted octanol–water partition coefficient (Wildman–Crippen LogP) is 2.39. The van der Waals surface area contributed by atoms with Crippen LogP contribution < -0.4 is 0 Å². The van der Waals surface area contributed by atoms with Gasteiger partial charge in [-0.15, -0.1) is 0 Å². The van der Waals surface area contributed by atoms with Crippen molar-refractivity contribution in [3.8, 4) is 0 Å². The van der Waals surface area contributed by atoms with Crippen LogP contribution in [0.5, 0.6) is 0 Å². The molecule has 0 fully saturated rings. The van der Waals surface area contributed by atoms with Gasteiger partial charge in [-0.25, -0.2) is 4.98 Å². The lowest BCUT2D eigenvalue weighted by molar-refractivity contribution is 0.0337. The van der Waals surface area contributed by atoms with Crippen LogP contribution in [0.15, 0.2) is 24.3 Å². The zero-order chi connectivity index (χ0) is 13.7. The number of hydrogen-bond acceptors (Lipinski definition) is 3. The molecule has 19 heavy (non-hydrogen) atoms. The summed E-state index contributed by atoms with van der Waals surface area (Å²) in [5, 5.41) is 10.0. The van der Waals surface area contributed by atoms with E-state index in [0.29, 0.717) is 19.8 Å². The Morgan fingerprint density at radius 1 is 1.32 bits per heavy atom. The molecular formula is C15H22N2O2. The smallest absolute Gasteiger partial charge is 0.109 e. The second-order valence-corrected chi connectivity index (χ2v) is 4.69. The Balaban J connectivity index is 2.25. The number of imidazole rings is 1. The highest BCUT2D eigenvalue weighted by Crippen LogP contribution is 2.17. The Kier molecular flexibility index (Phi) is 4.93. The van der Waals surface area contributed by atoms with Crippen molar-refractivity contribution >= 4 is 11.0 Å². The fourth-order valence-electron chi connectivity index (χ4n) is 2.26. The molecule has 1 aromatic heterocycles. The highest BCUT2D eigenvalue weighted by atomic mass is 16.5. The van der Waals surface area contributed by atoms with Crippen molar-refractivity contribution < 1.29 is 9.84 Å². The van der Waals surface area contributed by atoms with Gasteiger partial charge in [0.15, 0.2) is 0 Å². The van der Waals surface area contributed by atoms with E-state index >= 15 is 0 Å². The van der Waals surface area contributed by atoms with E-state index in [0.717, 1.165) is 29.7 Å². The van der Waals surface area contributed by atoms with E-state index in [1.165, 1.54) is 0 Å². The quantitative estimate of drug-likeness (QED) is 0.833. The number of rotatable bonds is 7. The highest BCUT2D eigenvalue weighted by Gasteiger charge is 2.13. The molecule has 0 saturated carbocycles. The number of aliphatic hydroxyl groups is 1. The van der Waals surface area contributed by atoms with Crippen molar-refractivity contribution in [3.63, 3.8) is 0 Å². The van der Waals surface area contributed by atoms with Crippen molar-refractivity contribution in [1.29, 1.82) is 0 Å². The van der Waals surface area contributed by atoms with E-state index in [9.17, 15) is 5.11 Å². The molecule has 2 rings (SSSR count). The topological polar surface area (TPSA) is 47.3 Å². The van der Waals surface area contributed by atoms with Gasteiger partial charge in [-0.05, 0) is 25.5 Å². The van der Waals surface area contributed by atoms with Gasteiger partial charge in [0.1, 0.15) is 5.82 Å². The number of aryl methyl sites for hydroxylation is 1. The first-order valence-corrected chi connectivity index (χ1v) is 6.96. The number of ether oxygens (including phenoxy) is 1. The first-order valence-electron chi connectivity index (χ1n) is 6.96. The van der Waals surface area contributed by atoms with Crippen LogP contribution in [0.1, 0.15) is 26.1 Å². The first-order chi connectivity index (χ1) is 9.26. The summed E-state index contributed by atoms with van der Waals surface area (Å²) in [4.78, 5) is 4.65. The van der Waals surface area contributed by atoms with Crippen LogP contribution in [0.3, 0.4) is 0 Å². The number of aromatic nitrogens is 2. The number of hydrogen-bond donors (Lipinski definition) is 1. The van der Waals surface area contributed by atoms with Crippen LogP contribution in [0.4, 0.5) is 0 Å². The molecule has 0 amide bonds. The molecule has 0 spiro atoms. The molecule has 4 heteroatoms. The Morgan fingerprint density at radius 2 is 2.11 bits per heavy atom.